The molecule has 2 aromatic rings. The van der Waals surface area contributed by atoms with Crippen LogP contribution in [0, 0.1) is 5.82 Å². The van der Waals surface area contributed by atoms with E-state index in [4.69, 9.17) is 0 Å². The molecule has 1 atom stereocenters. The normalized spacial score (nSPS) is 11.9. The van der Waals surface area contributed by atoms with E-state index in [-0.39, 0.29) is 17.8 Å². The van der Waals surface area contributed by atoms with Crippen LogP contribution in [0.2, 0.25) is 0 Å². The van der Waals surface area contributed by atoms with E-state index in [0.29, 0.717) is 17.1 Å². The van der Waals surface area contributed by atoms with Gasteiger partial charge in [0.1, 0.15) is 5.82 Å². The minimum absolute atomic E-state index is 0.0461. The van der Waals surface area contributed by atoms with E-state index in [1.807, 2.05) is 19.1 Å². The maximum absolute atomic E-state index is 13.4. The number of carbonyl (C=O) groups is 1. The smallest absolute Gasteiger partial charge is 0.221 e. The standard InChI is InChI=1S/C16H17FN2OS/c1-12(13-5-4-9-18-11-13)19-16(20)8-10-21-15-7-3-2-6-14(15)17/h2-7,9,11-12H,8,10H2,1H3,(H,19,20). The number of amides is 1. The summed E-state index contributed by atoms with van der Waals surface area (Å²) in [6.07, 6.45) is 3.78. The fraction of sp³-hybridized carbons (Fsp3) is 0.250. The van der Waals surface area contributed by atoms with Crippen LogP contribution in [0.15, 0.2) is 53.7 Å². The zero-order chi connectivity index (χ0) is 15.1. The molecule has 0 saturated carbocycles. The maximum Gasteiger partial charge on any atom is 0.221 e. The van der Waals surface area contributed by atoms with Gasteiger partial charge in [0, 0.05) is 29.5 Å². The van der Waals surface area contributed by atoms with Gasteiger partial charge >= 0.3 is 0 Å². The molecule has 0 radical (unpaired) electrons. The molecule has 0 aliphatic heterocycles. The van der Waals surface area contributed by atoms with Gasteiger partial charge in [0.05, 0.1) is 6.04 Å². The molecule has 0 aliphatic carbocycles. The second-order valence-electron chi connectivity index (χ2n) is 4.60. The number of halogens is 1. The molecule has 0 bridgehead atoms. The Labute approximate surface area is 128 Å². The van der Waals surface area contributed by atoms with Crippen molar-refractivity contribution in [1.29, 1.82) is 0 Å². The lowest BCUT2D eigenvalue weighted by molar-refractivity contribution is -0.121. The lowest BCUT2D eigenvalue weighted by Crippen LogP contribution is -2.26. The number of aromatic nitrogens is 1. The third kappa shape index (κ3) is 4.86. The van der Waals surface area contributed by atoms with Gasteiger partial charge in [0.25, 0.3) is 0 Å². The van der Waals surface area contributed by atoms with Gasteiger partial charge in [-0.3, -0.25) is 9.78 Å². The van der Waals surface area contributed by atoms with Crippen molar-refractivity contribution in [3.05, 3.63) is 60.2 Å². The van der Waals surface area contributed by atoms with Crippen molar-refractivity contribution in [2.75, 3.05) is 5.75 Å². The lowest BCUT2D eigenvalue weighted by atomic mass is 10.1. The maximum atomic E-state index is 13.4. The summed E-state index contributed by atoms with van der Waals surface area (Å²) in [6.45, 7) is 1.92. The Morgan fingerprint density at radius 1 is 1.33 bits per heavy atom. The molecule has 2 rings (SSSR count). The lowest BCUT2D eigenvalue weighted by Gasteiger charge is -2.13. The summed E-state index contributed by atoms with van der Waals surface area (Å²) in [7, 11) is 0. The number of hydrogen-bond donors (Lipinski definition) is 1. The van der Waals surface area contributed by atoms with Crippen LogP contribution >= 0.6 is 11.8 Å². The Kier molecular flexibility index (Phi) is 5.75. The van der Waals surface area contributed by atoms with E-state index < -0.39 is 0 Å². The number of rotatable bonds is 6. The largest absolute Gasteiger partial charge is 0.350 e. The molecular weight excluding hydrogens is 287 g/mol. The fourth-order valence-corrected chi connectivity index (χ4v) is 2.73. The Hall–Kier alpha value is -1.88. The molecule has 0 saturated heterocycles. The molecule has 1 N–H and O–H groups in total. The second-order valence-corrected chi connectivity index (χ2v) is 5.74. The number of thioether (sulfide) groups is 1. The van der Waals surface area contributed by atoms with Crippen molar-refractivity contribution in [2.24, 2.45) is 0 Å². The van der Waals surface area contributed by atoms with Crippen molar-refractivity contribution in [1.82, 2.24) is 10.3 Å². The van der Waals surface area contributed by atoms with Gasteiger partial charge in [0.2, 0.25) is 5.91 Å². The zero-order valence-electron chi connectivity index (χ0n) is 11.8. The summed E-state index contributed by atoms with van der Waals surface area (Å²) in [5.41, 5.74) is 0.965. The molecule has 0 fully saturated rings. The highest BCUT2D eigenvalue weighted by Crippen LogP contribution is 2.21. The zero-order valence-corrected chi connectivity index (χ0v) is 12.6. The first kappa shape index (κ1) is 15.5. The third-order valence-corrected chi connectivity index (χ3v) is 4.04. The highest BCUT2D eigenvalue weighted by Gasteiger charge is 2.10. The molecule has 1 amide bonds. The highest BCUT2D eigenvalue weighted by atomic mass is 32.2. The van der Waals surface area contributed by atoms with E-state index in [1.54, 1.807) is 30.6 Å². The van der Waals surface area contributed by atoms with Crippen LogP contribution in [0.25, 0.3) is 0 Å². The van der Waals surface area contributed by atoms with Crippen molar-refractivity contribution in [3.8, 4) is 0 Å². The van der Waals surface area contributed by atoms with E-state index >= 15 is 0 Å². The van der Waals surface area contributed by atoms with E-state index in [2.05, 4.69) is 10.3 Å². The van der Waals surface area contributed by atoms with Gasteiger partial charge < -0.3 is 5.32 Å². The number of nitrogens with zero attached hydrogens (tertiary/aromatic N) is 1. The number of nitrogens with one attached hydrogen (secondary N) is 1. The number of hydrogen-bond acceptors (Lipinski definition) is 3. The minimum Gasteiger partial charge on any atom is -0.350 e. The third-order valence-electron chi connectivity index (χ3n) is 2.99. The van der Waals surface area contributed by atoms with Gasteiger partial charge in [0.15, 0.2) is 0 Å². The van der Waals surface area contributed by atoms with Gasteiger partial charge in [-0.15, -0.1) is 11.8 Å². The summed E-state index contributed by atoms with van der Waals surface area (Å²) in [6, 6.07) is 10.3. The van der Waals surface area contributed by atoms with Crippen molar-refractivity contribution < 1.29 is 9.18 Å². The van der Waals surface area contributed by atoms with Crippen LogP contribution in [-0.2, 0) is 4.79 Å². The predicted octanol–water partition coefficient (Wildman–Crippen LogP) is 3.58. The number of carbonyl (C=O) groups excluding carboxylic acids is 1. The van der Waals surface area contributed by atoms with Crippen LogP contribution in [0.5, 0.6) is 0 Å². The monoisotopic (exact) mass is 304 g/mol. The Balaban J connectivity index is 1.76. The summed E-state index contributed by atoms with van der Waals surface area (Å²) in [5.74, 6) is 0.258. The first-order valence-corrected chi connectivity index (χ1v) is 7.72. The molecule has 0 aliphatic rings. The van der Waals surface area contributed by atoms with Crippen LogP contribution in [0.4, 0.5) is 4.39 Å². The first-order chi connectivity index (χ1) is 10.2. The van der Waals surface area contributed by atoms with Crippen molar-refractivity contribution in [2.45, 2.75) is 24.3 Å². The average Bonchev–Trinajstić information content (AvgIpc) is 2.50. The number of pyridine rings is 1. The molecule has 1 unspecified atom stereocenters. The molecule has 21 heavy (non-hydrogen) atoms. The van der Waals surface area contributed by atoms with Crippen LogP contribution in [0.1, 0.15) is 24.9 Å². The highest BCUT2D eigenvalue weighted by molar-refractivity contribution is 7.99. The van der Waals surface area contributed by atoms with Gasteiger partial charge in [-0.2, -0.15) is 0 Å². The fourth-order valence-electron chi connectivity index (χ4n) is 1.84. The van der Waals surface area contributed by atoms with E-state index in [9.17, 15) is 9.18 Å². The van der Waals surface area contributed by atoms with E-state index in [1.165, 1.54) is 17.8 Å². The molecule has 1 aromatic heterocycles. The van der Waals surface area contributed by atoms with Crippen LogP contribution in [0.3, 0.4) is 0 Å². The Morgan fingerprint density at radius 3 is 2.86 bits per heavy atom. The van der Waals surface area contributed by atoms with Crippen LogP contribution < -0.4 is 5.32 Å². The summed E-state index contributed by atoms with van der Waals surface area (Å²) in [4.78, 5) is 16.5. The predicted molar refractivity (Wildman–Crippen MR) is 82.5 cm³/mol. The van der Waals surface area contributed by atoms with Gasteiger partial charge in [-0.25, -0.2) is 4.39 Å². The van der Waals surface area contributed by atoms with Gasteiger partial charge in [-0.05, 0) is 30.7 Å². The summed E-state index contributed by atoms with van der Waals surface area (Å²) in [5, 5.41) is 2.91. The molecule has 3 nitrogen and oxygen atoms in total. The molecule has 110 valence electrons. The van der Waals surface area contributed by atoms with Crippen molar-refractivity contribution >= 4 is 17.7 Å². The Bertz CT molecular complexity index is 592. The number of benzene rings is 1. The van der Waals surface area contributed by atoms with Gasteiger partial charge in [-0.1, -0.05) is 18.2 Å². The summed E-state index contributed by atoms with van der Waals surface area (Å²) < 4.78 is 13.4. The molecule has 0 spiro atoms. The Morgan fingerprint density at radius 2 is 2.14 bits per heavy atom. The SMILES string of the molecule is CC(NC(=O)CCSc1ccccc1F)c1cccnc1. The topological polar surface area (TPSA) is 42.0 Å². The molecule has 1 aromatic carbocycles. The second kappa shape index (κ2) is 7.78. The van der Waals surface area contributed by atoms with Crippen LogP contribution in [-0.4, -0.2) is 16.6 Å². The van der Waals surface area contributed by atoms with Crippen molar-refractivity contribution in [3.63, 3.8) is 0 Å². The summed E-state index contributed by atoms with van der Waals surface area (Å²) >= 11 is 1.35. The molecule has 1 heterocycles. The molecular formula is C16H17FN2OS. The quantitative estimate of drug-likeness (QED) is 0.829. The first-order valence-electron chi connectivity index (χ1n) is 6.73. The minimum atomic E-state index is -0.244. The molecule has 5 heteroatoms. The average molecular weight is 304 g/mol. The van der Waals surface area contributed by atoms with E-state index in [0.717, 1.165) is 5.56 Å².